The minimum atomic E-state index is -2.70. The van der Waals surface area contributed by atoms with Gasteiger partial charge in [-0.2, -0.15) is 4.98 Å². The molecule has 162 valence electrons. The van der Waals surface area contributed by atoms with Crippen molar-refractivity contribution in [1.29, 1.82) is 0 Å². The van der Waals surface area contributed by atoms with Gasteiger partial charge >= 0.3 is 0 Å². The molecule has 1 saturated carbocycles. The van der Waals surface area contributed by atoms with Gasteiger partial charge in [0.1, 0.15) is 10.7 Å². The van der Waals surface area contributed by atoms with Gasteiger partial charge in [-0.15, -0.1) is 0 Å². The Bertz CT molecular complexity index is 1020. The fraction of sp³-hybridized carbons (Fsp3) is 0.500. The van der Waals surface area contributed by atoms with Crippen LogP contribution < -0.4 is 21.9 Å². The smallest absolute Gasteiger partial charge is 0.270 e. The highest BCUT2D eigenvalue weighted by Gasteiger charge is 2.55. The molecule has 0 unspecified atom stereocenters. The van der Waals surface area contributed by atoms with Crippen molar-refractivity contribution >= 4 is 35.1 Å². The van der Waals surface area contributed by atoms with Crippen LogP contribution in [-0.2, 0) is 7.05 Å². The lowest BCUT2D eigenvalue weighted by molar-refractivity contribution is -0.00686. The largest absolute Gasteiger partial charge is 0.382 e. The van der Waals surface area contributed by atoms with Crippen LogP contribution in [0.4, 0.5) is 20.5 Å². The maximum Gasteiger partial charge on any atom is 0.270 e. The molecule has 10 heteroatoms. The predicted octanol–water partition coefficient (Wildman–Crippen LogP) is 3.51. The first-order valence-electron chi connectivity index (χ1n) is 9.79. The van der Waals surface area contributed by atoms with E-state index in [2.05, 4.69) is 4.98 Å². The number of anilines is 2. The SMILES string of the molecule is Cn1c(N2CCC3(CC2)CC(F)(F)C[C@H]3N)nc(N)c(Sc2ccccc2Cl)c1=O. The first kappa shape index (κ1) is 21.4. The molecule has 6 nitrogen and oxygen atoms in total. The zero-order valence-corrected chi connectivity index (χ0v) is 18.1. The van der Waals surface area contributed by atoms with Crippen molar-refractivity contribution in [1.82, 2.24) is 9.55 Å². The fourth-order valence-corrected chi connectivity index (χ4v) is 5.72. The molecule has 2 heterocycles. The van der Waals surface area contributed by atoms with Gasteiger partial charge in [0.25, 0.3) is 5.56 Å². The summed E-state index contributed by atoms with van der Waals surface area (Å²) in [7, 11) is 1.64. The Morgan fingerprint density at radius 2 is 1.93 bits per heavy atom. The quantitative estimate of drug-likeness (QED) is 0.736. The summed E-state index contributed by atoms with van der Waals surface area (Å²) >= 11 is 7.38. The third-order valence-corrected chi connectivity index (χ3v) is 7.86. The summed E-state index contributed by atoms with van der Waals surface area (Å²) in [6.07, 6.45) is 0.646. The Hall–Kier alpha value is -1.84. The van der Waals surface area contributed by atoms with E-state index in [1.807, 2.05) is 23.1 Å². The molecule has 2 aliphatic rings. The molecule has 4 N–H and O–H groups in total. The number of halogens is 3. The van der Waals surface area contributed by atoms with Gasteiger partial charge in [-0.05, 0) is 30.4 Å². The highest BCUT2D eigenvalue weighted by Crippen LogP contribution is 2.52. The molecular formula is C20H24ClF2N5OS. The number of piperidine rings is 1. The number of hydrogen-bond donors (Lipinski definition) is 2. The lowest BCUT2D eigenvalue weighted by Gasteiger charge is -2.42. The van der Waals surface area contributed by atoms with Crippen LogP contribution in [0.2, 0.25) is 5.02 Å². The van der Waals surface area contributed by atoms with Gasteiger partial charge in [-0.1, -0.05) is 35.5 Å². The molecule has 30 heavy (non-hydrogen) atoms. The van der Waals surface area contributed by atoms with Crippen LogP contribution in [0.1, 0.15) is 25.7 Å². The van der Waals surface area contributed by atoms with E-state index in [0.29, 0.717) is 46.7 Å². The second-order valence-electron chi connectivity index (χ2n) is 8.22. The van der Waals surface area contributed by atoms with Gasteiger partial charge in [-0.25, -0.2) is 8.78 Å². The standard InChI is InChI=1S/C20H24ClF2N5OS/c1-27-17(29)15(30-13-5-3-2-4-12(13)21)16(25)26-18(27)28-8-6-19(7-9-28)11-20(22,23)10-14(19)24/h2-5,14H,6-11,24-25H2,1H3/t14-/m1/s1. The number of nitrogens with zero attached hydrogens (tertiary/aromatic N) is 3. The third kappa shape index (κ3) is 3.78. The molecule has 1 aliphatic heterocycles. The van der Waals surface area contributed by atoms with Gasteiger partial charge in [-0.3, -0.25) is 9.36 Å². The van der Waals surface area contributed by atoms with E-state index in [-0.39, 0.29) is 24.2 Å². The molecule has 2 aromatic rings. The Labute approximate surface area is 182 Å². The van der Waals surface area contributed by atoms with Crippen LogP contribution in [0.5, 0.6) is 0 Å². The van der Waals surface area contributed by atoms with Crippen LogP contribution >= 0.6 is 23.4 Å². The predicted molar refractivity (Wildman–Crippen MR) is 116 cm³/mol. The highest BCUT2D eigenvalue weighted by atomic mass is 35.5. The van der Waals surface area contributed by atoms with Gasteiger partial charge in [0.2, 0.25) is 11.9 Å². The van der Waals surface area contributed by atoms with Crippen molar-refractivity contribution in [2.24, 2.45) is 18.2 Å². The molecular weight excluding hydrogens is 432 g/mol. The first-order valence-corrected chi connectivity index (χ1v) is 11.0. The Morgan fingerprint density at radius 1 is 1.27 bits per heavy atom. The van der Waals surface area contributed by atoms with E-state index in [9.17, 15) is 13.6 Å². The molecule has 1 aromatic heterocycles. The summed E-state index contributed by atoms with van der Waals surface area (Å²) in [6, 6.07) is 6.69. The fourth-order valence-electron chi connectivity index (χ4n) is 4.56. The van der Waals surface area contributed by atoms with E-state index < -0.39 is 17.4 Å². The highest BCUT2D eigenvalue weighted by molar-refractivity contribution is 7.99. The van der Waals surface area contributed by atoms with Crippen LogP contribution in [0.15, 0.2) is 38.9 Å². The zero-order valence-electron chi connectivity index (χ0n) is 16.6. The van der Waals surface area contributed by atoms with E-state index >= 15 is 0 Å². The molecule has 1 spiro atoms. The summed E-state index contributed by atoms with van der Waals surface area (Å²) in [5.74, 6) is -2.13. The lowest BCUT2D eigenvalue weighted by atomic mass is 9.74. The number of nitrogens with two attached hydrogens (primary N) is 2. The van der Waals surface area contributed by atoms with Crippen molar-refractivity contribution in [3.8, 4) is 0 Å². The van der Waals surface area contributed by atoms with Crippen molar-refractivity contribution < 1.29 is 8.78 Å². The molecule has 2 fully saturated rings. The minimum absolute atomic E-state index is 0.127. The summed E-state index contributed by atoms with van der Waals surface area (Å²) in [5.41, 5.74) is 11.4. The molecule has 0 radical (unpaired) electrons. The van der Waals surface area contributed by atoms with E-state index in [4.69, 9.17) is 23.1 Å². The van der Waals surface area contributed by atoms with Crippen molar-refractivity contribution in [2.45, 2.75) is 47.4 Å². The van der Waals surface area contributed by atoms with Crippen molar-refractivity contribution in [3.63, 3.8) is 0 Å². The van der Waals surface area contributed by atoms with E-state index in [1.165, 1.54) is 16.3 Å². The number of rotatable bonds is 3. The molecule has 0 bridgehead atoms. The Morgan fingerprint density at radius 3 is 2.53 bits per heavy atom. The second kappa shape index (κ2) is 7.69. The van der Waals surface area contributed by atoms with Crippen LogP contribution in [-0.4, -0.2) is 34.6 Å². The average molecular weight is 456 g/mol. The van der Waals surface area contributed by atoms with E-state index in [1.54, 1.807) is 13.1 Å². The lowest BCUT2D eigenvalue weighted by Crippen LogP contribution is -2.48. The summed E-state index contributed by atoms with van der Waals surface area (Å²) in [4.78, 5) is 20.4. The van der Waals surface area contributed by atoms with Crippen molar-refractivity contribution in [3.05, 3.63) is 39.6 Å². The topological polar surface area (TPSA) is 90.2 Å². The van der Waals surface area contributed by atoms with Gasteiger partial charge in [0.15, 0.2) is 0 Å². The van der Waals surface area contributed by atoms with Crippen LogP contribution in [0.3, 0.4) is 0 Å². The first-order chi connectivity index (χ1) is 14.1. The summed E-state index contributed by atoms with van der Waals surface area (Å²) in [6.45, 7) is 1.00. The monoisotopic (exact) mass is 455 g/mol. The molecule has 1 saturated heterocycles. The summed E-state index contributed by atoms with van der Waals surface area (Å²) < 4.78 is 29.2. The normalized spacial score (nSPS) is 22.6. The number of alkyl halides is 2. The van der Waals surface area contributed by atoms with Crippen LogP contribution in [0.25, 0.3) is 0 Å². The maximum absolute atomic E-state index is 13.9. The molecule has 4 rings (SSSR count). The number of hydrogen-bond acceptors (Lipinski definition) is 6. The van der Waals surface area contributed by atoms with Crippen LogP contribution in [0, 0.1) is 5.41 Å². The van der Waals surface area contributed by atoms with Gasteiger partial charge < -0.3 is 16.4 Å². The number of aromatic nitrogens is 2. The zero-order chi connectivity index (χ0) is 21.7. The molecule has 1 aromatic carbocycles. The second-order valence-corrected chi connectivity index (χ2v) is 9.67. The molecule has 0 amide bonds. The molecule has 1 atom stereocenters. The third-order valence-electron chi connectivity index (χ3n) is 6.26. The maximum atomic E-state index is 13.9. The average Bonchev–Trinajstić information content (AvgIpc) is 2.91. The Balaban J connectivity index is 1.57. The number of nitrogen functional groups attached to an aromatic ring is 1. The van der Waals surface area contributed by atoms with Gasteiger partial charge in [0.05, 0.1) is 5.02 Å². The van der Waals surface area contributed by atoms with Crippen molar-refractivity contribution in [2.75, 3.05) is 23.7 Å². The molecule has 1 aliphatic carbocycles. The van der Waals surface area contributed by atoms with E-state index in [0.717, 1.165) is 0 Å². The Kier molecular flexibility index (Phi) is 5.48. The number of benzene rings is 1. The minimum Gasteiger partial charge on any atom is -0.382 e. The summed E-state index contributed by atoms with van der Waals surface area (Å²) in [5, 5.41) is 0.527. The van der Waals surface area contributed by atoms with Gasteiger partial charge in [0, 0.05) is 43.9 Å².